The summed E-state index contributed by atoms with van der Waals surface area (Å²) in [5.41, 5.74) is 4.05. The molecule has 0 atom stereocenters. The number of carbonyl (C=O) groups is 1. The van der Waals surface area contributed by atoms with Gasteiger partial charge in [0.15, 0.2) is 0 Å². The summed E-state index contributed by atoms with van der Waals surface area (Å²) < 4.78 is 5.47. The van der Waals surface area contributed by atoms with Crippen LogP contribution in [0.2, 0.25) is 0 Å². The maximum Gasteiger partial charge on any atom is 0.254 e. The lowest BCUT2D eigenvalue weighted by Crippen LogP contribution is -2.47. The summed E-state index contributed by atoms with van der Waals surface area (Å²) in [5, 5.41) is 0. The number of carbonyl (C=O) groups excluding carboxylic acids is 1. The minimum absolute atomic E-state index is 0.161. The molecular weight excluding hydrogens is 422 g/mol. The normalized spacial score (nSPS) is 24.9. The molecule has 0 N–H and O–H groups in total. The monoisotopic (exact) mass is 469 g/mol. The molecule has 5 nitrogen and oxygen atoms in total. The Morgan fingerprint density at radius 3 is 2.26 bits per heavy atom. The molecule has 1 saturated carbocycles. The lowest BCUT2D eigenvalue weighted by molar-refractivity contribution is 0.0303. The van der Waals surface area contributed by atoms with Crippen LogP contribution in [-0.4, -0.2) is 74.7 Å². The second-order valence-electron chi connectivity index (χ2n) is 11.8. The predicted octanol–water partition coefficient (Wildman–Crippen LogP) is 5.40. The van der Waals surface area contributed by atoms with E-state index in [2.05, 4.69) is 55.7 Å². The first-order valence-corrected chi connectivity index (χ1v) is 13.8. The van der Waals surface area contributed by atoms with E-state index in [1.165, 1.54) is 56.3 Å². The molecule has 1 aromatic carbocycles. The molecule has 0 bridgehead atoms. The van der Waals surface area contributed by atoms with Crippen LogP contribution in [-0.2, 0) is 4.74 Å². The van der Waals surface area contributed by atoms with Crippen LogP contribution in [0.25, 0.3) is 0 Å². The molecule has 4 rings (SSSR count). The number of unbranched alkanes of at least 4 members (excludes halogenated alkanes) is 1. The van der Waals surface area contributed by atoms with Gasteiger partial charge in [-0.25, -0.2) is 0 Å². The summed E-state index contributed by atoms with van der Waals surface area (Å²) in [7, 11) is 0. The summed E-state index contributed by atoms with van der Waals surface area (Å²) in [5.74, 6) is 1.59. The van der Waals surface area contributed by atoms with Crippen LogP contribution in [0, 0.1) is 11.3 Å². The first kappa shape index (κ1) is 25.5. The molecule has 2 aliphatic heterocycles. The van der Waals surface area contributed by atoms with Gasteiger partial charge in [0, 0.05) is 50.5 Å². The number of hydrogen-bond donors (Lipinski definition) is 0. The second kappa shape index (κ2) is 11.4. The SMILES string of the molecule is CCCCN1CCN(c2cc(C(=O)N3CCOCC3)ccc2C2CCC(C(C)(C)C)CC2)CC1. The number of anilines is 1. The van der Waals surface area contributed by atoms with Crippen molar-refractivity contribution < 1.29 is 9.53 Å². The minimum Gasteiger partial charge on any atom is -0.378 e. The van der Waals surface area contributed by atoms with Gasteiger partial charge in [-0.2, -0.15) is 0 Å². The molecule has 0 aromatic heterocycles. The van der Waals surface area contributed by atoms with Crippen molar-refractivity contribution in [3.05, 3.63) is 29.3 Å². The highest BCUT2D eigenvalue weighted by Gasteiger charge is 2.32. The largest absolute Gasteiger partial charge is 0.378 e. The van der Waals surface area contributed by atoms with E-state index in [1.807, 2.05) is 4.90 Å². The highest BCUT2D eigenvalue weighted by Crippen LogP contribution is 2.45. The zero-order chi connectivity index (χ0) is 24.1. The van der Waals surface area contributed by atoms with Gasteiger partial charge in [0.25, 0.3) is 5.91 Å². The molecule has 2 heterocycles. The van der Waals surface area contributed by atoms with Crippen molar-refractivity contribution in [2.24, 2.45) is 11.3 Å². The van der Waals surface area contributed by atoms with Gasteiger partial charge in [-0.05, 0) is 73.6 Å². The Bertz CT molecular complexity index is 796. The van der Waals surface area contributed by atoms with Crippen LogP contribution in [0.15, 0.2) is 18.2 Å². The average Bonchev–Trinajstić information content (AvgIpc) is 2.87. The molecule has 1 aromatic rings. The summed E-state index contributed by atoms with van der Waals surface area (Å²) in [4.78, 5) is 20.4. The van der Waals surface area contributed by atoms with Crippen molar-refractivity contribution in [3.8, 4) is 0 Å². The van der Waals surface area contributed by atoms with E-state index in [9.17, 15) is 4.79 Å². The van der Waals surface area contributed by atoms with Crippen LogP contribution in [0.4, 0.5) is 5.69 Å². The first-order valence-electron chi connectivity index (χ1n) is 13.8. The Hall–Kier alpha value is -1.59. The van der Waals surface area contributed by atoms with Crippen molar-refractivity contribution in [1.82, 2.24) is 9.80 Å². The van der Waals surface area contributed by atoms with Crippen molar-refractivity contribution in [3.63, 3.8) is 0 Å². The van der Waals surface area contributed by atoms with E-state index >= 15 is 0 Å². The average molecular weight is 470 g/mol. The number of ether oxygens (including phenoxy) is 1. The van der Waals surface area contributed by atoms with Gasteiger partial charge in [0.2, 0.25) is 0 Å². The summed E-state index contributed by atoms with van der Waals surface area (Å²) in [6.45, 7) is 17.7. The maximum atomic E-state index is 13.3. The van der Waals surface area contributed by atoms with E-state index in [0.717, 1.165) is 37.7 Å². The molecule has 0 radical (unpaired) electrons. The number of amides is 1. The quantitative estimate of drug-likeness (QED) is 0.559. The molecule has 3 aliphatic rings. The lowest BCUT2D eigenvalue weighted by atomic mass is 9.68. The van der Waals surface area contributed by atoms with Crippen LogP contribution < -0.4 is 4.90 Å². The molecule has 1 amide bonds. The molecule has 0 spiro atoms. The topological polar surface area (TPSA) is 36.0 Å². The van der Waals surface area contributed by atoms with E-state index in [0.29, 0.717) is 37.6 Å². The number of rotatable bonds is 6. The lowest BCUT2D eigenvalue weighted by Gasteiger charge is -2.40. The molecule has 0 unspecified atom stereocenters. The fourth-order valence-electron chi connectivity index (χ4n) is 6.11. The predicted molar refractivity (Wildman–Crippen MR) is 141 cm³/mol. The first-order chi connectivity index (χ1) is 16.4. The van der Waals surface area contributed by atoms with Crippen molar-refractivity contribution in [1.29, 1.82) is 0 Å². The van der Waals surface area contributed by atoms with E-state index in [4.69, 9.17) is 4.74 Å². The van der Waals surface area contributed by atoms with Gasteiger partial charge >= 0.3 is 0 Å². The summed E-state index contributed by atoms with van der Waals surface area (Å²) >= 11 is 0. The molecule has 3 fully saturated rings. The highest BCUT2D eigenvalue weighted by atomic mass is 16.5. The molecular formula is C29H47N3O2. The smallest absolute Gasteiger partial charge is 0.254 e. The van der Waals surface area contributed by atoms with Crippen molar-refractivity contribution in [2.45, 2.75) is 72.1 Å². The summed E-state index contributed by atoms with van der Waals surface area (Å²) in [6.07, 6.45) is 7.70. The Morgan fingerprint density at radius 2 is 1.65 bits per heavy atom. The number of nitrogens with zero attached hydrogens (tertiary/aromatic N) is 3. The fourth-order valence-corrected chi connectivity index (χ4v) is 6.11. The van der Waals surface area contributed by atoms with Crippen molar-refractivity contribution in [2.75, 3.05) is 63.9 Å². The zero-order valence-electron chi connectivity index (χ0n) is 22.2. The van der Waals surface area contributed by atoms with Crippen molar-refractivity contribution >= 4 is 11.6 Å². The van der Waals surface area contributed by atoms with Gasteiger partial charge in [-0.1, -0.05) is 40.2 Å². The van der Waals surface area contributed by atoms with Crippen LogP contribution in [0.5, 0.6) is 0 Å². The minimum atomic E-state index is 0.161. The van der Waals surface area contributed by atoms with Gasteiger partial charge in [0.1, 0.15) is 0 Å². The third kappa shape index (κ3) is 6.15. The molecule has 34 heavy (non-hydrogen) atoms. The zero-order valence-corrected chi connectivity index (χ0v) is 22.2. The van der Waals surface area contributed by atoms with Gasteiger partial charge < -0.3 is 14.5 Å². The molecule has 2 saturated heterocycles. The van der Waals surface area contributed by atoms with Crippen LogP contribution in [0.3, 0.4) is 0 Å². The van der Waals surface area contributed by atoms with E-state index in [-0.39, 0.29) is 5.91 Å². The van der Waals surface area contributed by atoms with Gasteiger partial charge in [0.05, 0.1) is 13.2 Å². The number of hydrogen-bond acceptors (Lipinski definition) is 4. The number of piperazine rings is 1. The fraction of sp³-hybridized carbons (Fsp3) is 0.759. The number of benzene rings is 1. The Labute approximate surface area is 207 Å². The standard InChI is InChI=1S/C29H47N3O2/c1-5-6-13-30-14-16-31(17-15-30)27-22-24(28(33)32-18-20-34-21-19-32)9-12-26(27)23-7-10-25(11-8-23)29(2,3)4/h9,12,22-23,25H,5-8,10-11,13-21H2,1-4H3. The van der Waals surface area contributed by atoms with Gasteiger partial charge in [-0.15, -0.1) is 0 Å². The molecule has 5 heteroatoms. The molecule has 190 valence electrons. The van der Waals surface area contributed by atoms with E-state index < -0.39 is 0 Å². The number of morpholine rings is 1. The molecule has 1 aliphatic carbocycles. The Balaban J connectivity index is 1.54. The third-order valence-electron chi connectivity index (χ3n) is 8.51. The highest BCUT2D eigenvalue weighted by molar-refractivity contribution is 5.95. The Morgan fingerprint density at radius 1 is 0.971 bits per heavy atom. The maximum absolute atomic E-state index is 13.3. The Kier molecular flexibility index (Phi) is 8.57. The van der Waals surface area contributed by atoms with Crippen LogP contribution in [0.1, 0.15) is 88.1 Å². The van der Waals surface area contributed by atoms with E-state index in [1.54, 1.807) is 0 Å². The van der Waals surface area contributed by atoms with Gasteiger partial charge in [-0.3, -0.25) is 9.69 Å². The second-order valence-corrected chi connectivity index (χ2v) is 11.8. The summed E-state index contributed by atoms with van der Waals surface area (Å²) in [6, 6.07) is 6.63. The van der Waals surface area contributed by atoms with Crippen LogP contribution >= 0.6 is 0 Å². The third-order valence-corrected chi connectivity index (χ3v) is 8.51.